The highest BCUT2D eigenvalue weighted by Crippen LogP contribution is 2.19. The van der Waals surface area contributed by atoms with Gasteiger partial charge < -0.3 is 5.32 Å². The van der Waals surface area contributed by atoms with Crippen LogP contribution in [0.25, 0.3) is 0 Å². The van der Waals surface area contributed by atoms with Crippen LogP contribution < -0.4 is 10.0 Å². The van der Waals surface area contributed by atoms with Gasteiger partial charge in [0.05, 0.1) is 4.90 Å². The molecule has 0 spiro atoms. The fraction of sp³-hybridized carbons (Fsp3) is 0.250. The largest absolute Gasteiger partial charge is 0.313 e. The second-order valence-corrected chi connectivity index (χ2v) is 6.50. The third-order valence-electron chi connectivity index (χ3n) is 3.14. The van der Waals surface area contributed by atoms with Crippen molar-refractivity contribution in [3.05, 3.63) is 59.7 Å². The molecule has 2 aromatic rings. The van der Waals surface area contributed by atoms with Crippen LogP contribution in [-0.4, -0.2) is 15.0 Å². The molecule has 0 saturated heterocycles. The molecule has 5 heteroatoms. The molecule has 4 nitrogen and oxygen atoms in total. The summed E-state index contributed by atoms with van der Waals surface area (Å²) in [7, 11) is -3.55. The number of rotatable bonds is 6. The predicted octanol–water partition coefficient (Wildman–Crippen LogP) is 2.91. The monoisotopic (exact) mass is 304 g/mol. The lowest BCUT2D eigenvalue weighted by atomic mass is 10.2. The zero-order valence-corrected chi connectivity index (χ0v) is 13.1. The van der Waals surface area contributed by atoms with Crippen LogP contribution in [0.2, 0.25) is 0 Å². The zero-order chi connectivity index (χ0) is 15.3. The van der Waals surface area contributed by atoms with Crippen molar-refractivity contribution in [3.63, 3.8) is 0 Å². The number of hydrogen-bond donors (Lipinski definition) is 2. The molecule has 0 saturated carbocycles. The van der Waals surface area contributed by atoms with E-state index >= 15 is 0 Å². The van der Waals surface area contributed by atoms with Gasteiger partial charge in [0.1, 0.15) is 0 Å². The van der Waals surface area contributed by atoms with Gasteiger partial charge in [0, 0.05) is 12.2 Å². The van der Waals surface area contributed by atoms with Crippen molar-refractivity contribution in [2.45, 2.75) is 25.3 Å². The van der Waals surface area contributed by atoms with E-state index in [1.165, 1.54) is 0 Å². The van der Waals surface area contributed by atoms with Crippen LogP contribution in [0.1, 0.15) is 18.1 Å². The highest BCUT2D eigenvalue weighted by molar-refractivity contribution is 7.92. The van der Waals surface area contributed by atoms with Crippen molar-refractivity contribution in [1.29, 1.82) is 0 Å². The number of sulfonamides is 1. The molecule has 0 unspecified atom stereocenters. The molecule has 0 aliphatic heterocycles. The van der Waals surface area contributed by atoms with Gasteiger partial charge in [-0.3, -0.25) is 4.72 Å². The fourth-order valence-electron chi connectivity index (χ4n) is 2.08. The Kier molecular flexibility index (Phi) is 4.98. The summed E-state index contributed by atoms with van der Waals surface area (Å²) in [6.45, 7) is 5.41. The molecule has 21 heavy (non-hydrogen) atoms. The van der Waals surface area contributed by atoms with E-state index in [1.54, 1.807) is 31.2 Å². The van der Waals surface area contributed by atoms with Gasteiger partial charge in [0.25, 0.3) is 10.0 Å². The first-order valence-corrected chi connectivity index (χ1v) is 8.39. The predicted molar refractivity (Wildman–Crippen MR) is 85.8 cm³/mol. The van der Waals surface area contributed by atoms with Crippen LogP contribution >= 0.6 is 0 Å². The first-order chi connectivity index (χ1) is 10.0. The number of hydrogen-bond acceptors (Lipinski definition) is 3. The summed E-state index contributed by atoms with van der Waals surface area (Å²) in [5, 5.41) is 3.22. The molecular formula is C16H20N2O2S. The molecule has 0 aliphatic carbocycles. The minimum atomic E-state index is -3.55. The molecule has 0 fully saturated rings. The Morgan fingerprint density at radius 2 is 1.81 bits per heavy atom. The zero-order valence-electron chi connectivity index (χ0n) is 12.3. The van der Waals surface area contributed by atoms with Crippen LogP contribution in [0, 0.1) is 6.92 Å². The molecule has 2 rings (SSSR count). The molecule has 0 bridgehead atoms. The SMILES string of the molecule is CCNCc1cccc(NS(=O)(=O)c2ccccc2C)c1. The molecule has 0 aromatic heterocycles. The maximum atomic E-state index is 12.4. The topological polar surface area (TPSA) is 58.2 Å². The Balaban J connectivity index is 2.23. The van der Waals surface area contributed by atoms with Gasteiger partial charge in [0.2, 0.25) is 0 Å². The quantitative estimate of drug-likeness (QED) is 0.862. The van der Waals surface area contributed by atoms with Gasteiger partial charge in [0.15, 0.2) is 0 Å². The standard InChI is InChI=1S/C16H20N2O2S/c1-3-17-12-14-8-6-9-15(11-14)18-21(19,20)16-10-5-4-7-13(16)2/h4-11,17-18H,3,12H2,1-2H3. The fourth-order valence-corrected chi connectivity index (χ4v) is 3.38. The average Bonchev–Trinajstić information content (AvgIpc) is 2.45. The van der Waals surface area contributed by atoms with Gasteiger partial charge in [-0.05, 0) is 42.8 Å². The number of aryl methyl sites for hydroxylation is 1. The van der Waals surface area contributed by atoms with Crippen LogP contribution in [0.5, 0.6) is 0 Å². The summed E-state index contributed by atoms with van der Waals surface area (Å²) in [5.74, 6) is 0. The van der Waals surface area contributed by atoms with Crippen molar-refractivity contribution in [3.8, 4) is 0 Å². The maximum absolute atomic E-state index is 12.4. The van der Waals surface area contributed by atoms with E-state index in [1.807, 2.05) is 31.2 Å². The molecule has 0 atom stereocenters. The van der Waals surface area contributed by atoms with Crippen LogP contribution in [0.15, 0.2) is 53.4 Å². The molecular weight excluding hydrogens is 284 g/mol. The lowest BCUT2D eigenvalue weighted by molar-refractivity contribution is 0.600. The first-order valence-electron chi connectivity index (χ1n) is 6.91. The van der Waals surface area contributed by atoms with Gasteiger partial charge in [-0.2, -0.15) is 0 Å². The van der Waals surface area contributed by atoms with E-state index < -0.39 is 10.0 Å². The highest BCUT2D eigenvalue weighted by Gasteiger charge is 2.16. The van der Waals surface area contributed by atoms with Crippen LogP contribution in [0.3, 0.4) is 0 Å². The molecule has 0 amide bonds. The second kappa shape index (κ2) is 6.74. The molecule has 112 valence electrons. The first kappa shape index (κ1) is 15.5. The minimum Gasteiger partial charge on any atom is -0.313 e. The van der Waals surface area contributed by atoms with Crippen molar-refractivity contribution in [2.75, 3.05) is 11.3 Å². The van der Waals surface area contributed by atoms with Gasteiger partial charge in [-0.25, -0.2) is 8.42 Å². The van der Waals surface area contributed by atoms with Gasteiger partial charge in [-0.1, -0.05) is 37.3 Å². The number of benzene rings is 2. The summed E-state index contributed by atoms with van der Waals surface area (Å²) in [4.78, 5) is 0.307. The lowest BCUT2D eigenvalue weighted by Gasteiger charge is -2.11. The Morgan fingerprint density at radius 1 is 1.05 bits per heavy atom. The average molecular weight is 304 g/mol. The van der Waals surface area contributed by atoms with E-state index in [-0.39, 0.29) is 0 Å². The summed E-state index contributed by atoms with van der Waals surface area (Å²) in [6, 6.07) is 14.4. The Hall–Kier alpha value is -1.85. The van der Waals surface area contributed by atoms with Crippen LogP contribution in [0.4, 0.5) is 5.69 Å². The van der Waals surface area contributed by atoms with E-state index in [0.29, 0.717) is 10.6 Å². The molecule has 0 heterocycles. The molecule has 2 aromatic carbocycles. The van der Waals surface area contributed by atoms with E-state index in [9.17, 15) is 8.42 Å². The lowest BCUT2D eigenvalue weighted by Crippen LogP contribution is -2.15. The number of anilines is 1. The molecule has 2 N–H and O–H groups in total. The normalized spacial score (nSPS) is 11.3. The Bertz CT molecular complexity index is 712. The summed E-state index contributed by atoms with van der Waals surface area (Å²) in [6.07, 6.45) is 0. The third kappa shape index (κ3) is 4.06. The second-order valence-electron chi connectivity index (χ2n) is 4.85. The number of nitrogens with one attached hydrogen (secondary N) is 2. The van der Waals surface area contributed by atoms with Crippen molar-refractivity contribution in [1.82, 2.24) is 5.32 Å². The smallest absolute Gasteiger partial charge is 0.262 e. The van der Waals surface area contributed by atoms with Gasteiger partial charge in [-0.15, -0.1) is 0 Å². The molecule has 0 radical (unpaired) electrons. The molecule has 0 aliphatic rings. The third-order valence-corrected chi connectivity index (χ3v) is 4.68. The maximum Gasteiger partial charge on any atom is 0.262 e. The van der Waals surface area contributed by atoms with E-state index in [4.69, 9.17) is 0 Å². The Labute approximate surface area is 126 Å². The summed E-state index contributed by atoms with van der Waals surface area (Å²) >= 11 is 0. The minimum absolute atomic E-state index is 0.307. The van der Waals surface area contributed by atoms with Crippen molar-refractivity contribution in [2.24, 2.45) is 0 Å². The summed E-state index contributed by atoms with van der Waals surface area (Å²) in [5.41, 5.74) is 2.35. The van der Waals surface area contributed by atoms with Crippen LogP contribution in [-0.2, 0) is 16.6 Å². The Morgan fingerprint density at radius 3 is 2.52 bits per heavy atom. The highest BCUT2D eigenvalue weighted by atomic mass is 32.2. The van der Waals surface area contributed by atoms with Gasteiger partial charge >= 0.3 is 0 Å². The van der Waals surface area contributed by atoms with E-state index in [0.717, 1.165) is 24.2 Å². The van der Waals surface area contributed by atoms with E-state index in [2.05, 4.69) is 10.0 Å². The van der Waals surface area contributed by atoms with Crippen molar-refractivity contribution < 1.29 is 8.42 Å². The summed E-state index contributed by atoms with van der Waals surface area (Å²) < 4.78 is 27.5. The van der Waals surface area contributed by atoms with Crippen molar-refractivity contribution >= 4 is 15.7 Å².